The lowest BCUT2D eigenvalue weighted by Gasteiger charge is -2.44. The highest BCUT2D eigenvalue weighted by molar-refractivity contribution is 5.80. The number of aromatic nitrogens is 2. The van der Waals surface area contributed by atoms with E-state index in [2.05, 4.69) is 29.3 Å². The standard InChI is InChI=1S/C29H36N4O2/c1-19-10-12-23-24(13-11-20-6-5-7-22(19)28(20)23)31-16-14-21(15-17-31)33-26-9-4-3-8-25(26)32(29(33)35)18-27(34)30-2/h3-4,8-10,12,20-21,24H,5-7,11,13-18H2,1-2H3,(H,30,34). The van der Waals surface area contributed by atoms with Crippen molar-refractivity contribution in [3.8, 4) is 0 Å². The van der Waals surface area contributed by atoms with Gasteiger partial charge in [0.15, 0.2) is 0 Å². The van der Waals surface area contributed by atoms with E-state index in [4.69, 9.17) is 0 Å². The molecule has 0 spiro atoms. The first-order valence-corrected chi connectivity index (χ1v) is 13.3. The molecule has 2 aromatic carbocycles. The molecule has 0 radical (unpaired) electrons. The van der Waals surface area contributed by atoms with Gasteiger partial charge in [-0.2, -0.15) is 0 Å². The molecule has 6 nitrogen and oxygen atoms in total. The van der Waals surface area contributed by atoms with Crippen molar-refractivity contribution in [3.05, 3.63) is 69.1 Å². The third kappa shape index (κ3) is 3.74. The number of nitrogens with zero attached hydrogens (tertiary/aromatic N) is 3. The lowest BCUT2D eigenvalue weighted by atomic mass is 9.70. The predicted octanol–water partition coefficient (Wildman–Crippen LogP) is 4.45. The summed E-state index contributed by atoms with van der Waals surface area (Å²) in [6.07, 6.45) is 8.39. The second kappa shape index (κ2) is 8.98. The number of nitrogens with one attached hydrogen (secondary N) is 1. The van der Waals surface area contributed by atoms with Crippen LogP contribution >= 0.6 is 0 Å². The molecule has 6 rings (SSSR count). The van der Waals surface area contributed by atoms with E-state index in [9.17, 15) is 9.59 Å². The smallest absolute Gasteiger partial charge is 0.329 e. The first-order valence-electron chi connectivity index (χ1n) is 13.3. The lowest BCUT2D eigenvalue weighted by Crippen LogP contribution is -2.41. The second-order valence-electron chi connectivity index (χ2n) is 10.7. The van der Waals surface area contributed by atoms with Crippen molar-refractivity contribution in [1.29, 1.82) is 0 Å². The highest BCUT2D eigenvalue weighted by Gasteiger charge is 2.36. The Kier molecular flexibility index (Phi) is 5.79. The van der Waals surface area contributed by atoms with E-state index < -0.39 is 0 Å². The first-order chi connectivity index (χ1) is 17.1. The number of aryl methyl sites for hydroxylation is 1. The molecular formula is C29H36N4O2. The summed E-state index contributed by atoms with van der Waals surface area (Å²) in [5.41, 5.74) is 8.08. The zero-order valence-corrected chi connectivity index (χ0v) is 20.9. The topological polar surface area (TPSA) is 59.3 Å². The fourth-order valence-electron chi connectivity index (χ4n) is 7.16. The van der Waals surface area contributed by atoms with Crippen molar-refractivity contribution in [2.45, 2.75) is 76.4 Å². The summed E-state index contributed by atoms with van der Waals surface area (Å²) in [5.74, 6) is 0.606. The van der Waals surface area contributed by atoms with Gasteiger partial charge in [0.2, 0.25) is 5.91 Å². The number of imidazole rings is 1. The number of hydrogen-bond acceptors (Lipinski definition) is 3. The molecule has 35 heavy (non-hydrogen) atoms. The van der Waals surface area contributed by atoms with Gasteiger partial charge in [-0.1, -0.05) is 24.3 Å². The number of likely N-dealkylation sites (tertiary alicyclic amines) is 1. The minimum absolute atomic E-state index is 0.0590. The van der Waals surface area contributed by atoms with Gasteiger partial charge < -0.3 is 5.32 Å². The summed E-state index contributed by atoms with van der Waals surface area (Å²) in [7, 11) is 1.61. The van der Waals surface area contributed by atoms with Crippen LogP contribution in [-0.4, -0.2) is 40.1 Å². The maximum absolute atomic E-state index is 13.5. The molecule has 2 heterocycles. The number of carbonyl (C=O) groups excluding carboxylic acids is 1. The maximum Gasteiger partial charge on any atom is 0.329 e. The molecule has 2 aliphatic carbocycles. The Hall–Kier alpha value is -2.86. The molecule has 6 heteroatoms. The highest BCUT2D eigenvalue weighted by atomic mass is 16.2. The predicted molar refractivity (Wildman–Crippen MR) is 139 cm³/mol. The Bertz CT molecular complexity index is 1330. The Balaban J connectivity index is 1.26. The van der Waals surface area contributed by atoms with E-state index in [1.165, 1.54) is 37.7 Å². The van der Waals surface area contributed by atoms with E-state index >= 15 is 0 Å². The quantitative estimate of drug-likeness (QED) is 0.610. The maximum atomic E-state index is 13.5. The zero-order chi connectivity index (χ0) is 24.1. The van der Waals surface area contributed by atoms with Gasteiger partial charge in [-0.15, -0.1) is 0 Å². The van der Waals surface area contributed by atoms with Gasteiger partial charge >= 0.3 is 5.69 Å². The van der Waals surface area contributed by atoms with Crippen LogP contribution in [0.25, 0.3) is 11.0 Å². The number of benzene rings is 2. The van der Waals surface area contributed by atoms with E-state index in [-0.39, 0.29) is 24.2 Å². The number of hydrogen-bond donors (Lipinski definition) is 1. The van der Waals surface area contributed by atoms with Gasteiger partial charge in [-0.25, -0.2) is 4.79 Å². The number of piperidine rings is 1. The van der Waals surface area contributed by atoms with E-state index in [0.717, 1.165) is 42.9 Å². The molecule has 1 aromatic heterocycles. The van der Waals surface area contributed by atoms with Crippen LogP contribution < -0.4 is 11.0 Å². The second-order valence-corrected chi connectivity index (χ2v) is 10.7. The minimum Gasteiger partial charge on any atom is -0.358 e. The van der Waals surface area contributed by atoms with Gasteiger partial charge in [0.05, 0.1) is 11.0 Å². The van der Waals surface area contributed by atoms with Gasteiger partial charge in [0, 0.05) is 32.2 Å². The summed E-state index contributed by atoms with van der Waals surface area (Å²) in [6.45, 7) is 4.35. The Labute approximate surface area is 206 Å². The van der Waals surface area contributed by atoms with Crippen molar-refractivity contribution < 1.29 is 4.79 Å². The summed E-state index contributed by atoms with van der Waals surface area (Å²) in [6, 6.07) is 13.3. The number of carbonyl (C=O) groups is 1. The Morgan fingerprint density at radius 3 is 2.54 bits per heavy atom. The molecule has 1 saturated heterocycles. The van der Waals surface area contributed by atoms with Gasteiger partial charge in [0.25, 0.3) is 0 Å². The van der Waals surface area contributed by atoms with Crippen LogP contribution in [-0.2, 0) is 17.8 Å². The first kappa shape index (κ1) is 22.6. The van der Waals surface area contributed by atoms with Crippen molar-refractivity contribution in [1.82, 2.24) is 19.4 Å². The van der Waals surface area contributed by atoms with Gasteiger partial charge in [-0.05, 0) is 92.2 Å². The molecule has 2 unspecified atom stereocenters. The third-order valence-corrected chi connectivity index (χ3v) is 8.91. The monoisotopic (exact) mass is 472 g/mol. The SMILES string of the molecule is CNC(=O)Cn1c(=O)n(C2CCN(C3CCC4CCCc5c(C)ccc3c54)CC2)c2ccccc21. The molecule has 1 fully saturated rings. The van der Waals surface area contributed by atoms with E-state index in [1.807, 2.05) is 28.8 Å². The molecule has 2 atom stereocenters. The van der Waals surface area contributed by atoms with Crippen molar-refractivity contribution in [3.63, 3.8) is 0 Å². The highest BCUT2D eigenvalue weighted by Crippen LogP contribution is 2.48. The molecular weight excluding hydrogens is 436 g/mol. The average molecular weight is 473 g/mol. The van der Waals surface area contributed by atoms with Crippen LogP contribution in [0.3, 0.4) is 0 Å². The molecule has 184 valence electrons. The van der Waals surface area contributed by atoms with Crippen molar-refractivity contribution >= 4 is 16.9 Å². The van der Waals surface area contributed by atoms with Crippen LogP contribution in [0, 0.1) is 6.92 Å². The fraction of sp³-hybridized carbons (Fsp3) is 0.517. The summed E-state index contributed by atoms with van der Waals surface area (Å²) < 4.78 is 3.58. The van der Waals surface area contributed by atoms with Gasteiger partial charge in [-0.3, -0.25) is 18.8 Å². The zero-order valence-electron chi connectivity index (χ0n) is 20.9. The molecule has 3 aromatic rings. The van der Waals surface area contributed by atoms with E-state index in [0.29, 0.717) is 6.04 Å². The number of likely N-dealkylation sites (N-methyl/N-ethyl adjacent to an activating group) is 1. The molecule has 0 bridgehead atoms. The molecule has 3 aliphatic rings. The largest absolute Gasteiger partial charge is 0.358 e. The third-order valence-electron chi connectivity index (χ3n) is 8.91. The molecule has 0 saturated carbocycles. The minimum atomic E-state index is -0.151. The van der Waals surface area contributed by atoms with Gasteiger partial charge in [0.1, 0.15) is 6.54 Å². The van der Waals surface area contributed by atoms with Crippen LogP contribution in [0.5, 0.6) is 0 Å². The van der Waals surface area contributed by atoms with Crippen LogP contribution in [0.1, 0.15) is 78.8 Å². The van der Waals surface area contributed by atoms with Crippen LogP contribution in [0.4, 0.5) is 0 Å². The van der Waals surface area contributed by atoms with Crippen LogP contribution in [0.15, 0.2) is 41.2 Å². The van der Waals surface area contributed by atoms with Crippen molar-refractivity contribution in [2.75, 3.05) is 20.1 Å². The number of fused-ring (bicyclic) bond motifs is 1. The summed E-state index contributed by atoms with van der Waals surface area (Å²) in [4.78, 5) is 28.2. The normalized spacial score (nSPS) is 22.8. The molecule has 1 N–H and O–H groups in total. The fourth-order valence-corrected chi connectivity index (χ4v) is 7.16. The average Bonchev–Trinajstić information content (AvgIpc) is 3.17. The van der Waals surface area contributed by atoms with E-state index in [1.54, 1.807) is 28.3 Å². The summed E-state index contributed by atoms with van der Waals surface area (Å²) in [5, 5.41) is 2.65. The number of rotatable bonds is 4. The van der Waals surface area contributed by atoms with Crippen molar-refractivity contribution in [2.24, 2.45) is 0 Å². The Morgan fingerprint density at radius 1 is 1.00 bits per heavy atom. The lowest BCUT2D eigenvalue weighted by molar-refractivity contribution is -0.121. The Morgan fingerprint density at radius 2 is 1.77 bits per heavy atom. The number of amides is 1. The number of para-hydroxylation sites is 2. The molecule has 1 amide bonds. The summed E-state index contributed by atoms with van der Waals surface area (Å²) >= 11 is 0. The molecule has 1 aliphatic heterocycles. The van der Waals surface area contributed by atoms with Crippen LogP contribution in [0.2, 0.25) is 0 Å².